The Labute approximate surface area is 132 Å². The van der Waals surface area contributed by atoms with E-state index < -0.39 is 0 Å². The van der Waals surface area contributed by atoms with E-state index in [1.54, 1.807) is 0 Å². The molecular formula is C17H17BrN2O. The van der Waals surface area contributed by atoms with E-state index in [1.165, 1.54) is 5.56 Å². The number of carbonyl (C=O) groups is 1. The van der Waals surface area contributed by atoms with Gasteiger partial charge in [-0.05, 0) is 49.1 Å². The van der Waals surface area contributed by atoms with Crippen molar-refractivity contribution in [3.05, 3.63) is 64.1 Å². The number of halogens is 1. The van der Waals surface area contributed by atoms with Crippen LogP contribution in [0.1, 0.15) is 24.0 Å². The van der Waals surface area contributed by atoms with Crippen LogP contribution >= 0.6 is 15.9 Å². The standard InChI is InChI=1S/C17H17BrN2O/c1-12-11-14(18)7-8-15(12)19-16(21)20-17(9-10-17)13-5-3-2-4-6-13/h2-8,11H,9-10H2,1H3,(H2,19,20,21). The minimum absolute atomic E-state index is 0.151. The van der Waals surface area contributed by atoms with E-state index in [4.69, 9.17) is 0 Å². The molecule has 1 aliphatic rings. The van der Waals surface area contributed by atoms with Crippen molar-refractivity contribution in [2.45, 2.75) is 25.3 Å². The molecule has 2 amide bonds. The van der Waals surface area contributed by atoms with Crippen LogP contribution in [-0.2, 0) is 5.54 Å². The molecule has 2 N–H and O–H groups in total. The highest BCUT2D eigenvalue weighted by molar-refractivity contribution is 9.10. The van der Waals surface area contributed by atoms with Crippen LogP contribution in [0.2, 0.25) is 0 Å². The summed E-state index contributed by atoms with van der Waals surface area (Å²) >= 11 is 3.42. The molecule has 0 aromatic heterocycles. The minimum atomic E-state index is -0.186. The molecular weight excluding hydrogens is 328 g/mol. The molecule has 0 spiro atoms. The molecule has 2 aromatic rings. The van der Waals surface area contributed by atoms with Crippen molar-refractivity contribution in [3.8, 4) is 0 Å². The number of benzene rings is 2. The van der Waals surface area contributed by atoms with Gasteiger partial charge in [0.1, 0.15) is 0 Å². The van der Waals surface area contributed by atoms with Gasteiger partial charge in [0.15, 0.2) is 0 Å². The summed E-state index contributed by atoms with van der Waals surface area (Å²) in [5.41, 5.74) is 2.85. The summed E-state index contributed by atoms with van der Waals surface area (Å²) in [6, 6.07) is 15.8. The lowest BCUT2D eigenvalue weighted by molar-refractivity contribution is 0.247. The topological polar surface area (TPSA) is 41.1 Å². The largest absolute Gasteiger partial charge is 0.328 e. The predicted octanol–water partition coefficient (Wildman–Crippen LogP) is 4.57. The zero-order valence-corrected chi connectivity index (χ0v) is 13.4. The number of anilines is 1. The van der Waals surface area contributed by atoms with Crippen LogP contribution in [0.3, 0.4) is 0 Å². The predicted molar refractivity (Wildman–Crippen MR) is 88.4 cm³/mol. The van der Waals surface area contributed by atoms with E-state index in [2.05, 4.69) is 38.7 Å². The first-order chi connectivity index (χ1) is 10.1. The van der Waals surface area contributed by atoms with E-state index in [0.717, 1.165) is 28.6 Å². The number of carbonyl (C=O) groups excluding carboxylic acids is 1. The van der Waals surface area contributed by atoms with Crippen molar-refractivity contribution in [2.75, 3.05) is 5.32 Å². The van der Waals surface area contributed by atoms with Crippen LogP contribution in [0.5, 0.6) is 0 Å². The monoisotopic (exact) mass is 344 g/mol. The fourth-order valence-electron chi connectivity index (χ4n) is 2.51. The van der Waals surface area contributed by atoms with Gasteiger partial charge in [-0.15, -0.1) is 0 Å². The van der Waals surface area contributed by atoms with Gasteiger partial charge in [0.25, 0.3) is 0 Å². The third-order valence-electron chi connectivity index (χ3n) is 3.87. The van der Waals surface area contributed by atoms with Gasteiger partial charge in [0, 0.05) is 10.2 Å². The van der Waals surface area contributed by atoms with Gasteiger partial charge in [0.2, 0.25) is 0 Å². The number of hydrogen-bond donors (Lipinski definition) is 2. The van der Waals surface area contributed by atoms with Crippen molar-refractivity contribution in [1.82, 2.24) is 5.32 Å². The molecule has 0 radical (unpaired) electrons. The number of aryl methyl sites for hydroxylation is 1. The van der Waals surface area contributed by atoms with Crippen LogP contribution in [0, 0.1) is 6.92 Å². The summed E-state index contributed by atoms with van der Waals surface area (Å²) in [6.07, 6.45) is 1.98. The van der Waals surface area contributed by atoms with Crippen LogP contribution in [0.4, 0.5) is 10.5 Å². The lowest BCUT2D eigenvalue weighted by Crippen LogP contribution is -2.38. The van der Waals surface area contributed by atoms with Gasteiger partial charge in [-0.1, -0.05) is 46.3 Å². The van der Waals surface area contributed by atoms with Crippen LogP contribution in [-0.4, -0.2) is 6.03 Å². The van der Waals surface area contributed by atoms with Gasteiger partial charge in [0.05, 0.1) is 5.54 Å². The first kappa shape index (κ1) is 14.1. The second-order valence-electron chi connectivity index (χ2n) is 5.49. The van der Waals surface area contributed by atoms with E-state index in [0.29, 0.717) is 0 Å². The van der Waals surface area contributed by atoms with Crippen molar-refractivity contribution < 1.29 is 4.79 Å². The van der Waals surface area contributed by atoms with Gasteiger partial charge in [-0.25, -0.2) is 4.79 Å². The Morgan fingerprint density at radius 2 is 1.86 bits per heavy atom. The molecule has 21 heavy (non-hydrogen) atoms. The molecule has 0 bridgehead atoms. The quantitative estimate of drug-likeness (QED) is 0.841. The maximum absolute atomic E-state index is 12.2. The van der Waals surface area contributed by atoms with Crippen molar-refractivity contribution in [2.24, 2.45) is 0 Å². The summed E-state index contributed by atoms with van der Waals surface area (Å²) in [6.45, 7) is 1.98. The summed E-state index contributed by atoms with van der Waals surface area (Å²) in [7, 11) is 0. The third-order valence-corrected chi connectivity index (χ3v) is 4.36. The SMILES string of the molecule is Cc1cc(Br)ccc1NC(=O)NC1(c2ccccc2)CC1. The van der Waals surface area contributed by atoms with Crippen molar-refractivity contribution in [3.63, 3.8) is 0 Å². The molecule has 0 heterocycles. The number of amides is 2. The first-order valence-corrected chi connectivity index (χ1v) is 7.79. The molecule has 108 valence electrons. The van der Waals surface area contributed by atoms with Crippen molar-refractivity contribution >= 4 is 27.6 Å². The fourth-order valence-corrected chi connectivity index (χ4v) is 2.98. The van der Waals surface area contributed by atoms with Crippen LogP contribution in [0.15, 0.2) is 53.0 Å². The molecule has 0 saturated heterocycles. The molecule has 0 aliphatic heterocycles. The molecule has 3 nitrogen and oxygen atoms in total. The Bertz CT molecular complexity index is 666. The van der Waals surface area contributed by atoms with Crippen molar-refractivity contribution in [1.29, 1.82) is 0 Å². The maximum atomic E-state index is 12.2. The first-order valence-electron chi connectivity index (χ1n) is 7.00. The molecule has 0 unspecified atom stereocenters. The Hall–Kier alpha value is -1.81. The lowest BCUT2D eigenvalue weighted by atomic mass is 10.1. The van der Waals surface area contributed by atoms with E-state index in [1.807, 2.05) is 43.3 Å². The third kappa shape index (κ3) is 3.10. The van der Waals surface area contributed by atoms with Gasteiger partial charge in [-0.2, -0.15) is 0 Å². The highest BCUT2D eigenvalue weighted by atomic mass is 79.9. The Morgan fingerprint density at radius 3 is 2.48 bits per heavy atom. The van der Waals surface area contributed by atoms with E-state index in [9.17, 15) is 4.79 Å². The summed E-state index contributed by atoms with van der Waals surface area (Å²) < 4.78 is 1.01. The van der Waals surface area contributed by atoms with Crippen LogP contribution in [0.25, 0.3) is 0 Å². The molecule has 0 atom stereocenters. The van der Waals surface area contributed by atoms with E-state index >= 15 is 0 Å². The number of rotatable bonds is 3. The Morgan fingerprint density at radius 1 is 1.14 bits per heavy atom. The average Bonchev–Trinajstić information content (AvgIpc) is 3.24. The summed E-state index contributed by atoms with van der Waals surface area (Å²) in [5.74, 6) is 0. The molecule has 1 aliphatic carbocycles. The fraction of sp³-hybridized carbons (Fsp3) is 0.235. The van der Waals surface area contributed by atoms with Crippen LogP contribution < -0.4 is 10.6 Å². The number of urea groups is 1. The molecule has 1 fully saturated rings. The lowest BCUT2D eigenvalue weighted by Gasteiger charge is -2.19. The maximum Gasteiger partial charge on any atom is 0.319 e. The highest BCUT2D eigenvalue weighted by Crippen LogP contribution is 2.45. The smallest absolute Gasteiger partial charge is 0.319 e. The zero-order valence-electron chi connectivity index (χ0n) is 11.8. The highest BCUT2D eigenvalue weighted by Gasteiger charge is 2.45. The summed E-state index contributed by atoms with van der Waals surface area (Å²) in [4.78, 5) is 12.2. The second kappa shape index (κ2) is 5.53. The molecule has 2 aromatic carbocycles. The zero-order chi connectivity index (χ0) is 14.9. The second-order valence-corrected chi connectivity index (χ2v) is 6.40. The minimum Gasteiger partial charge on any atom is -0.328 e. The van der Waals surface area contributed by atoms with Gasteiger partial charge < -0.3 is 10.6 Å². The van der Waals surface area contributed by atoms with Gasteiger partial charge in [-0.3, -0.25) is 0 Å². The van der Waals surface area contributed by atoms with E-state index in [-0.39, 0.29) is 11.6 Å². The Kier molecular flexibility index (Phi) is 3.72. The normalized spacial score (nSPS) is 15.3. The summed E-state index contributed by atoms with van der Waals surface area (Å²) in [5, 5.41) is 6.04. The molecule has 1 saturated carbocycles. The molecule has 4 heteroatoms. The average molecular weight is 345 g/mol. The van der Waals surface area contributed by atoms with Gasteiger partial charge >= 0.3 is 6.03 Å². The molecule has 3 rings (SSSR count). The Balaban J connectivity index is 1.70. The number of nitrogens with one attached hydrogen (secondary N) is 2. The number of hydrogen-bond acceptors (Lipinski definition) is 1.